The van der Waals surface area contributed by atoms with E-state index in [2.05, 4.69) is 35.3 Å². The van der Waals surface area contributed by atoms with Crippen LogP contribution in [0.3, 0.4) is 0 Å². The Labute approximate surface area is 121 Å². The highest BCUT2D eigenvalue weighted by molar-refractivity contribution is 7.15. The van der Waals surface area contributed by atoms with E-state index in [4.69, 9.17) is 0 Å². The zero-order chi connectivity index (χ0) is 13.5. The number of rotatable bonds is 1. The predicted octanol–water partition coefficient (Wildman–Crippen LogP) is 4.48. The number of hydrogen-bond acceptors (Lipinski definition) is 3. The van der Waals surface area contributed by atoms with Gasteiger partial charge in [-0.25, -0.2) is 4.98 Å². The van der Waals surface area contributed by atoms with E-state index in [1.165, 1.54) is 10.8 Å². The summed E-state index contributed by atoms with van der Waals surface area (Å²) in [5.74, 6) is 0.203. The molecule has 1 aliphatic carbocycles. The molecule has 1 aromatic heterocycles. The maximum Gasteiger partial charge on any atom is 0.182 e. The van der Waals surface area contributed by atoms with E-state index in [1.54, 1.807) is 11.3 Å². The summed E-state index contributed by atoms with van der Waals surface area (Å²) in [6.45, 7) is 0. The third-order valence-corrected chi connectivity index (χ3v) is 4.93. The van der Waals surface area contributed by atoms with Crippen molar-refractivity contribution in [2.75, 3.05) is 0 Å². The Morgan fingerprint density at radius 3 is 2.70 bits per heavy atom. The van der Waals surface area contributed by atoms with Gasteiger partial charge < -0.3 is 0 Å². The molecule has 0 spiro atoms. The van der Waals surface area contributed by atoms with Gasteiger partial charge in [-0.15, -0.1) is 11.3 Å². The van der Waals surface area contributed by atoms with Crippen LogP contribution in [0.25, 0.3) is 21.3 Å². The number of thiazole rings is 1. The molecule has 98 valence electrons. The summed E-state index contributed by atoms with van der Waals surface area (Å²) in [6.07, 6.45) is 2.60. The average molecular weight is 279 g/mol. The third kappa shape index (κ3) is 1.86. The van der Waals surface area contributed by atoms with Crippen molar-refractivity contribution < 1.29 is 4.79 Å². The number of carbonyl (C=O) groups excluding carboxylic acids is 1. The second-order valence-electron chi connectivity index (χ2n) is 5.13. The molecule has 1 aliphatic rings. The smallest absolute Gasteiger partial charge is 0.182 e. The maximum atomic E-state index is 11.9. The van der Waals surface area contributed by atoms with Crippen LogP contribution in [0.15, 0.2) is 42.5 Å². The van der Waals surface area contributed by atoms with Crippen molar-refractivity contribution in [3.05, 3.63) is 53.0 Å². The fraction of sp³-hybridized carbons (Fsp3) is 0.176. The highest BCUT2D eigenvalue weighted by atomic mass is 32.1. The topological polar surface area (TPSA) is 30.0 Å². The lowest BCUT2D eigenvalue weighted by Gasteiger charge is -2.06. The zero-order valence-electron chi connectivity index (χ0n) is 10.9. The third-order valence-electron chi connectivity index (χ3n) is 3.77. The number of carbonyl (C=O) groups is 1. The molecule has 20 heavy (non-hydrogen) atoms. The van der Waals surface area contributed by atoms with Crippen molar-refractivity contribution in [2.45, 2.75) is 19.3 Å². The lowest BCUT2D eigenvalue weighted by molar-refractivity contribution is 0.0968. The summed E-state index contributed by atoms with van der Waals surface area (Å²) >= 11 is 1.67. The first kappa shape index (κ1) is 11.8. The SMILES string of the molecule is O=C1CCCc2sc(-c3ccc4ccccc4c3)nc21. The van der Waals surface area contributed by atoms with E-state index in [9.17, 15) is 4.79 Å². The Kier molecular flexibility index (Phi) is 2.67. The highest BCUT2D eigenvalue weighted by Gasteiger charge is 2.22. The quantitative estimate of drug-likeness (QED) is 0.657. The van der Waals surface area contributed by atoms with Crippen molar-refractivity contribution in [1.82, 2.24) is 4.98 Å². The predicted molar refractivity (Wildman–Crippen MR) is 82.3 cm³/mol. The van der Waals surface area contributed by atoms with Crippen molar-refractivity contribution >= 4 is 27.9 Å². The minimum absolute atomic E-state index is 0.203. The van der Waals surface area contributed by atoms with Gasteiger partial charge in [0.05, 0.1) is 0 Å². The molecule has 2 aromatic carbocycles. The van der Waals surface area contributed by atoms with Crippen LogP contribution in [0, 0.1) is 0 Å². The molecule has 0 amide bonds. The molecular weight excluding hydrogens is 266 g/mol. The molecule has 0 bridgehead atoms. The molecule has 0 atom stereocenters. The van der Waals surface area contributed by atoms with E-state index < -0.39 is 0 Å². The molecule has 0 aliphatic heterocycles. The number of benzene rings is 2. The van der Waals surface area contributed by atoms with Gasteiger partial charge in [-0.3, -0.25) is 4.79 Å². The van der Waals surface area contributed by atoms with Crippen LogP contribution in [-0.4, -0.2) is 10.8 Å². The van der Waals surface area contributed by atoms with Crippen molar-refractivity contribution in [3.63, 3.8) is 0 Å². The standard InChI is InChI=1S/C17H13NOS/c19-14-6-3-7-15-16(14)18-17(20-15)13-9-8-11-4-1-2-5-12(11)10-13/h1-2,4-5,8-10H,3,6-7H2. The summed E-state index contributed by atoms with van der Waals surface area (Å²) in [6, 6.07) is 14.7. The van der Waals surface area contributed by atoms with Gasteiger partial charge in [-0.2, -0.15) is 0 Å². The summed E-state index contributed by atoms with van der Waals surface area (Å²) in [5, 5.41) is 3.41. The minimum atomic E-state index is 0.203. The van der Waals surface area contributed by atoms with Gasteiger partial charge >= 0.3 is 0 Å². The van der Waals surface area contributed by atoms with Crippen LogP contribution in [0.2, 0.25) is 0 Å². The van der Waals surface area contributed by atoms with Gasteiger partial charge in [0.1, 0.15) is 10.7 Å². The number of aromatic nitrogens is 1. The molecular formula is C17H13NOS. The second-order valence-corrected chi connectivity index (χ2v) is 6.21. The molecule has 0 saturated carbocycles. The molecule has 0 N–H and O–H groups in total. The highest BCUT2D eigenvalue weighted by Crippen LogP contribution is 2.33. The number of fused-ring (bicyclic) bond motifs is 2. The normalized spacial score (nSPS) is 14.5. The van der Waals surface area contributed by atoms with Crippen molar-refractivity contribution in [3.8, 4) is 10.6 Å². The molecule has 3 heteroatoms. The van der Waals surface area contributed by atoms with Crippen LogP contribution in [0.5, 0.6) is 0 Å². The molecule has 0 radical (unpaired) electrons. The average Bonchev–Trinajstić information content (AvgIpc) is 2.92. The van der Waals surface area contributed by atoms with Crippen LogP contribution in [0.1, 0.15) is 28.2 Å². The zero-order valence-corrected chi connectivity index (χ0v) is 11.7. The Morgan fingerprint density at radius 1 is 1.00 bits per heavy atom. The summed E-state index contributed by atoms with van der Waals surface area (Å²) in [7, 11) is 0. The summed E-state index contributed by atoms with van der Waals surface area (Å²) in [4.78, 5) is 17.6. The van der Waals surface area contributed by atoms with Gasteiger partial charge in [0.25, 0.3) is 0 Å². The molecule has 2 nitrogen and oxygen atoms in total. The number of aryl methyl sites for hydroxylation is 1. The van der Waals surface area contributed by atoms with Gasteiger partial charge in [0.15, 0.2) is 5.78 Å². The van der Waals surface area contributed by atoms with E-state index >= 15 is 0 Å². The number of hydrogen-bond donors (Lipinski definition) is 0. The van der Waals surface area contributed by atoms with Gasteiger partial charge in [-0.05, 0) is 29.7 Å². The van der Waals surface area contributed by atoms with Crippen LogP contribution in [-0.2, 0) is 6.42 Å². The van der Waals surface area contributed by atoms with E-state index in [0.717, 1.165) is 28.3 Å². The fourth-order valence-electron chi connectivity index (χ4n) is 2.71. The Hall–Kier alpha value is -2.00. The van der Waals surface area contributed by atoms with Crippen LogP contribution >= 0.6 is 11.3 Å². The van der Waals surface area contributed by atoms with Gasteiger partial charge in [0.2, 0.25) is 0 Å². The van der Waals surface area contributed by atoms with Gasteiger partial charge in [0, 0.05) is 16.9 Å². The minimum Gasteiger partial charge on any atom is -0.292 e. The summed E-state index contributed by atoms with van der Waals surface area (Å²) in [5.41, 5.74) is 1.82. The monoisotopic (exact) mass is 279 g/mol. The van der Waals surface area contributed by atoms with E-state index in [-0.39, 0.29) is 5.78 Å². The first-order chi connectivity index (χ1) is 9.81. The first-order valence-corrected chi connectivity index (χ1v) is 7.65. The number of Topliss-reactive ketones (excluding diaryl/α,β-unsaturated/α-hetero) is 1. The molecule has 0 fully saturated rings. The Bertz CT molecular complexity index is 819. The largest absolute Gasteiger partial charge is 0.292 e. The molecule has 3 aromatic rings. The lowest BCUT2D eigenvalue weighted by Crippen LogP contribution is -2.08. The lowest BCUT2D eigenvalue weighted by atomic mass is 10.0. The molecule has 4 rings (SSSR count). The van der Waals surface area contributed by atoms with E-state index in [0.29, 0.717) is 12.1 Å². The molecule has 1 heterocycles. The van der Waals surface area contributed by atoms with Crippen molar-refractivity contribution in [1.29, 1.82) is 0 Å². The van der Waals surface area contributed by atoms with Crippen LogP contribution < -0.4 is 0 Å². The number of nitrogens with zero attached hydrogens (tertiary/aromatic N) is 1. The molecule has 0 unspecified atom stereocenters. The van der Waals surface area contributed by atoms with E-state index in [1.807, 2.05) is 12.1 Å². The van der Waals surface area contributed by atoms with Crippen molar-refractivity contribution in [2.24, 2.45) is 0 Å². The fourth-order valence-corrected chi connectivity index (χ4v) is 3.83. The first-order valence-electron chi connectivity index (χ1n) is 6.83. The maximum absolute atomic E-state index is 11.9. The van der Waals surface area contributed by atoms with Crippen LogP contribution in [0.4, 0.5) is 0 Å². The second kappa shape index (κ2) is 4.53. The summed E-state index contributed by atoms with van der Waals surface area (Å²) < 4.78 is 0. The Balaban J connectivity index is 1.85. The number of ketones is 1. The van der Waals surface area contributed by atoms with Gasteiger partial charge in [-0.1, -0.05) is 36.4 Å². The molecule has 0 saturated heterocycles. The Morgan fingerprint density at radius 2 is 1.85 bits per heavy atom.